The van der Waals surface area contributed by atoms with Gasteiger partial charge in [-0.3, -0.25) is 4.79 Å². The number of ether oxygens (including phenoxy) is 1. The van der Waals surface area contributed by atoms with Crippen LogP contribution in [-0.4, -0.2) is 17.6 Å². The molecule has 2 aromatic rings. The normalized spacial score (nSPS) is 11.8. The largest absolute Gasteiger partial charge is 0.483 e. The number of benzene rings is 2. The number of aliphatic hydroxyl groups excluding tert-OH is 1. The van der Waals surface area contributed by atoms with E-state index in [0.717, 1.165) is 0 Å². The number of hydrogen-bond acceptors (Lipinski definition) is 3. The number of aliphatic hydroxyl groups is 1. The maximum atomic E-state index is 11.8. The van der Waals surface area contributed by atoms with E-state index in [1.54, 1.807) is 37.3 Å². The van der Waals surface area contributed by atoms with Crippen molar-refractivity contribution < 1.29 is 14.6 Å². The third-order valence-corrected chi connectivity index (χ3v) is 3.07. The van der Waals surface area contributed by atoms with Crippen molar-refractivity contribution in [2.75, 3.05) is 11.9 Å². The zero-order chi connectivity index (χ0) is 15.2. The molecule has 0 aliphatic rings. The summed E-state index contributed by atoms with van der Waals surface area (Å²) < 4.78 is 5.46. The minimum Gasteiger partial charge on any atom is -0.483 e. The maximum Gasteiger partial charge on any atom is 0.262 e. The first kappa shape index (κ1) is 15.4. The number of hydrogen-bond donors (Lipinski definition) is 2. The van der Waals surface area contributed by atoms with Gasteiger partial charge in [0.2, 0.25) is 0 Å². The number of carbonyl (C=O) groups excluding carboxylic acids is 1. The van der Waals surface area contributed by atoms with Crippen LogP contribution >= 0.6 is 11.6 Å². The molecule has 110 valence electrons. The van der Waals surface area contributed by atoms with Crippen molar-refractivity contribution in [1.82, 2.24) is 0 Å². The second-order valence-electron chi connectivity index (χ2n) is 4.56. The van der Waals surface area contributed by atoms with Crippen molar-refractivity contribution in [3.63, 3.8) is 0 Å². The fourth-order valence-corrected chi connectivity index (χ4v) is 2.02. The van der Waals surface area contributed by atoms with Gasteiger partial charge in [-0.1, -0.05) is 29.8 Å². The Morgan fingerprint density at radius 3 is 2.67 bits per heavy atom. The highest BCUT2D eigenvalue weighted by molar-refractivity contribution is 6.30. The second kappa shape index (κ2) is 7.11. The topological polar surface area (TPSA) is 58.6 Å². The quantitative estimate of drug-likeness (QED) is 0.890. The van der Waals surface area contributed by atoms with Gasteiger partial charge in [0.15, 0.2) is 6.61 Å². The van der Waals surface area contributed by atoms with Gasteiger partial charge >= 0.3 is 0 Å². The summed E-state index contributed by atoms with van der Waals surface area (Å²) in [5.74, 6) is 0.172. The van der Waals surface area contributed by atoms with Crippen LogP contribution in [0.4, 0.5) is 5.69 Å². The van der Waals surface area contributed by atoms with Crippen LogP contribution in [-0.2, 0) is 4.79 Å². The molecule has 0 aliphatic heterocycles. The third kappa shape index (κ3) is 4.48. The molecule has 1 atom stereocenters. The number of carbonyl (C=O) groups is 1. The first-order valence-electron chi connectivity index (χ1n) is 6.51. The van der Waals surface area contributed by atoms with Crippen molar-refractivity contribution in [3.05, 3.63) is 59.1 Å². The van der Waals surface area contributed by atoms with Gasteiger partial charge in [0.1, 0.15) is 5.75 Å². The second-order valence-corrected chi connectivity index (χ2v) is 5.00. The van der Waals surface area contributed by atoms with Crippen molar-refractivity contribution >= 4 is 23.2 Å². The Morgan fingerprint density at radius 2 is 2.00 bits per heavy atom. The Morgan fingerprint density at radius 1 is 1.29 bits per heavy atom. The molecule has 0 radical (unpaired) electrons. The van der Waals surface area contributed by atoms with Crippen LogP contribution < -0.4 is 10.1 Å². The Labute approximate surface area is 128 Å². The summed E-state index contributed by atoms with van der Waals surface area (Å²) >= 11 is 5.88. The van der Waals surface area contributed by atoms with Gasteiger partial charge in [-0.05, 0) is 37.3 Å². The smallest absolute Gasteiger partial charge is 0.262 e. The first-order chi connectivity index (χ1) is 10.1. The van der Waals surface area contributed by atoms with Gasteiger partial charge < -0.3 is 15.2 Å². The van der Waals surface area contributed by atoms with Crippen molar-refractivity contribution in [1.29, 1.82) is 0 Å². The van der Waals surface area contributed by atoms with Gasteiger partial charge in [-0.25, -0.2) is 0 Å². The zero-order valence-corrected chi connectivity index (χ0v) is 12.3. The molecule has 0 bridgehead atoms. The molecule has 4 nitrogen and oxygen atoms in total. The molecular weight excluding hydrogens is 290 g/mol. The van der Waals surface area contributed by atoms with E-state index in [2.05, 4.69) is 5.32 Å². The van der Waals surface area contributed by atoms with E-state index in [1.165, 1.54) is 0 Å². The fourth-order valence-electron chi connectivity index (χ4n) is 1.84. The van der Waals surface area contributed by atoms with Crippen molar-refractivity contribution in [3.8, 4) is 5.75 Å². The molecule has 1 amide bonds. The van der Waals surface area contributed by atoms with Crippen LogP contribution in [0.2, 0.25) is 5.02 Å². The molecule has 2 aromatic carbocycles. The van der Waals surface area contributed by atoms with Crippen molar-refractivity contribution in [2.45, 2.75) is 13.0 Å². The van der Waals surface area contributed by atoms with Gasteiger partial charge in [0.05, 0.1) is 6.10 Å². The standard InChI is InChI=1S/C16H16ClNO3/c1-11(19)14-9-12(17)7-8-15(14)21-10-16(20)18-13-5-3-2-4-6-13/h2-9,11,19H,10H2,1H3,(H,18,20). The minimum absolute atomic E-state index is 0.143. The lowest BCUT2D eigenvalue weighted by Gasteiger charge is -2.13. The highest BCUT2D eigenvalue weighted by Gasteiger charge is 2.11. The summed E-state index contributed by atoms with van der Waals surface area (Å²) in [6.07, 6.45) is -0.726. The lowest BCUT2D eigenvalue weighted by molar-refractivity contribution is -0.118. The molecule has 2 rings (SSSR count). The fraction of sp³-hybridized carbons (Fsp3) is 0.188. The summed E-state index contributed by atoms with van der Waals surface area (Å²) in [6, 6.07) is 14.0. The lowest BCUT2D eigenvalue weighted by atomic mass is 10.1. The summed E-state index contributed by atoms with van der Waals surface area (Å²) in [5.41, 5.74) is 1.26. The number of rotatable bonds is 5. The van der Waals surface area contributed by atoms with E-state index in [9.17, 15) is 9.90 Å². The van der Waals surface area contributed by atoms with E-state index in [-0.39, 0.29) is 12.5 Å². The number of para-hydroxylation sites is 1. The van der Waals surface area contributed by atoms with Crippen LogP contribution in [0.1, 0.15) is 18.6 Å². The minimum atomic E-state index is -0.726. The van der Waals surface area contributed by atoms with Gasteiger partial charge in [-0.2, -0.15) is 0 Å². The third-order valence-electron chi connectivity index (χ3n) is 2.84. The van der Waals surface area contributed by atoms with Crippen LogP contribution in [0.25, 0.3) is 0 Å². The summed E-state index contributed by atoms with van der Waals surface area (Å²) in [5, 5.41) is 12.9. The molecule has 0 spiro atoms. The summed E-state index contributed by atoms with van der Waals surface area (Å²) in [4.78, 5) is 11.8. The zero-order valence-electron chi connectivity index (χ0n) is 11.5. The van der Waals surface area contributed by atoms with Gasteiger partial charge in [0.25, 0.3) is 5.91 Å². The average molecular weight is 306 g/mol. The Kier molecular flexibility index (Phi) is 5.20. The number of halogens is 1. The van der Waals surface area contributed by atoms with E-state index in [1.807, 2.05) is 18.2 Å². The monoisotopic (exact) mass is 305 g/mol. The molecule has 0 saturated heterocycles. The molecule has 2 N–H and O–H groups in total. The maximum absolute atomic E-state index is 11.8. The molecule has 21 heavy (non-hydrogen) atoms. The van der Waals surface area contributed by atoms with Crippen LogP contribution in [0.5, 0.6) is 5.75 Å². The Hall–Kier alpha value is -2.04. The number of amides is 1. The summed E-state index contributed by atoms with van der Waals surface area (Å²) in [7, 11) is 0. The molecular formula is C16H16ClNO3. The molecule has 0 aromatic heterocycles. The van der Waals surface area contributed by atoms with E-state index in [0.29, 0.717) is 22.0 Å². The highest BCUT2D eigenvalue weighted by Crippen LogP contribution is 2.28. The van der Waals surface area contributed by atoms with Crippen LogP contribution in [0, 0.1) is 0 Å². The van der Waals surface area contributed by atoms with Crippen LogP contribution in [0.15, 0.2) is 48.5 Å². The molecule has 0 heterocycles. The van der Waals surface area contributed by atoms with E-state index in [4.69, 9.17) is 16.3 Å². The average Bonchev–Trinajstić information content (AvgIpc) is 2.47. The SMILES string of the molecule is CC(O)c1cc(Cl)ccc1OCC(=O)Nc1ccccc1. The molecule has 0 saturated carbocycles. The van der Waals surface area contributed by atoms with Crippen molar-refractivity contribution in [2.24, 2.45) is 0 Å². The van der Waals surface area contributed by atoms with E-state index >= 15 is 0 Å². The highest BCUT2D eigenvalue weighted by atomic mass is 35.5. The molecule has 0 aliphatic carbocycles. The Bertz CT molecular complexity index is 614. The van der Waals surface area contributed by atoms with E-state index < -0.39 is 6.10 Å². The summed E-state index contributed by atoms with van der Waals surface area (Å²) in [6.45, 7) is 1.47. The van der Waals surface area contributed by atoms with Gasteiger partial charge in [-0.15, -0.1) is 0 Å². The molecule has 0 fully saturated rings. The van der Waals surface area contributed by atoms with Crippen LogP contribution in [0.3, 0.4) is 0 Å². The van der Waals surface area contributed by atoms with Gasteiger partial charge in [0, 0.05) is 16.3 Å². The lowest BCUT2D eigenvalue weighted by Crippen LogP contribution is -2.20. The molecule has 5 heteroatoms. The Balaban J connectivity index is 1.98. The predicted molar refractivity (Wildman–Crippen MR) is 82.7 cm³/mol. The molecule has 1 unspecified atom stereocenters. The number of anilines is 1. The predicted octanol–water partition coefficient (Wildman–Crippen LogP) is 3.41. The first-order valence-corrected chi connectivity index (χ1v) is 6.89. The number of nitrogens with one attached hydrogen (secondary N) is 1.